The van der Waals surface area contributed by atoms with Crippen molar-refractivity contribution in [3.05, 3.63) is 39.5 Å². The molecule has 108 valence electrons. The number of nitrogens with one attached hydrogen (secondary N) is 1. The van der Waals surface area contributed by atoms with Crippen LogP contribution in [0.2, 0.25) is 0 Å². The predicted molar refractivity (Wildman–Crippen MR) is 79.6 cm³/mol. The Balaban J connectivity index is 2.16. The lowest BCUT2D eigenvalue weighted by atomic mass is 10.1. The molecule has 20 heavy (non-hydrogen) atoms. The van der Waals surface area contributed by atoms with Crippen molar-refractivity contribution in [1.82, 2.24) is 15.5 Å². The highest BCUT2D eigenvalue weighted by atomic mass is 79.9. The molecule has 0 saturated heterocycles. The number of benzene rings is 1. The Hall–Kier alpha value is -1.40. The van der Waals surface area contributed by atoms with Gasteiger partial charge in [0.15, 0.2) is 6.61 Å². The van der Waals surface area contributed by atoms with Gasteiger partial charge in [-0.25, -0.2) is 0 Å². The normalized spacial score (nSPS) is 10.8. The maximum absolute atomic E-state index is 5.86. The monoisotopic (exact) mass is 339 g/mol. The zero-order valence-electron chi connectivity index (χ0n) is 11.9. The fourth-order valence-electron chi connectivity index (χ4n) is 1.93. The van der Waals surface area contributed by atoms with Gasteiger partial charge in [0.1, 0.15) is 5.75 Å². The molecular weight excluding hydrogens is 322 g/mol. The van der Waals surface area contributed by atoms with Gasteiger partial charge in [-0.3, -0.25) is 0 Å². The van der Waals surface area contributed by atoms with Gasteiger partial charge in [-0.05, 0) is 31.2 Å². The Kier molecular flexibility index (Phi) is 5.14. The molecule has 0 bridgehead atoms. The van der Waals surface area contributed by atoms with Crippen molar-refractivity contribution in [2.24, 2.45) is 0 Å². The van der Waals surface area contributed by atoms with Gasteiger partial charge >= 0.3 is 0 Å². The summed E-state index contributed by atoms with van der Waals surface area (Å²) < 4.78 is 12.2. The number of aryl methyl sites for hydroxylation is 2. The second-order valence-corrected chi connectivity index (χ2v) is 5.41. The number of hydrogen-bond donors (Lipinski definition) is 1. The largest absolute Gasteiger partial charge is 0.483 e. The number of nitrogens with zero attached hydrogens (tertiary/aromatic N) is 2. The highest BCUT2D eigenvalue weighted by Crippen LogP contribution is 2.28. The topological polar surface area (TPSA) is 60.2 Å². The van der Waals surface area contributed by atoms with Crippen LogP contribution in [-0.4, -0.2) is 16.7 Å². The van der Waals surface area contributed by atoms with E-state index in [0.717, 1.165) is 34.4 Å². The number of rotatable bonds is 6. The number of ether oxygens (including phenoxy) is 1. The van der Waals surface area contributed by atoms with E-state index in [-0.39, 0.29) is 6.61 Å². The van der Waals surface area contributed by atoms with Crippen LogP contribution in [-0.2, 0) is 13.2 Å². The van der Waals surface area contributed by atoms with Crippen molar-refractivity contribution in [3.8, 4) is 5.75 Å². The van der Waals surface area contributed by atoms with E-state index in [2.05, 4.69) is 44.4 Å². The van der Waals surface area contributed by atoms with E-state index in [1.165, 1.54) is 0 Å². The summed E-state index contributed by atoms with van der Waals surface area (Å²) in [7, 11) is 0. The standard InChI is InChI=1S/C14H18BrN3O2/c1-4-16-7-11-6-12(15)5-9(2)14(11)19-8-13-18-17-10(3)20-13/h5-6,16H,4,7-8H2,1-3H3. The molecule has 6 heteroatoms. The third kappa shape index (κ3) is 3.80. The molecule has 0 amide bonds. The number of aromatic nitrogens is 2. The molecule has 0 aliphatic rings. The second kappa shape index (κ2) is 6.85. The second-order valence-electron chi connectivity index (χ2n) is 4.49. The van der Waals surface area contributed by atoms with Gasteiger partial charge in [-0.1, -0.05) is 22.9 Å². The van der Waals surface area contributed by atoms with E-state index in [1.54, 1.807) is 6.92 Å². The van der Waals surface area contributed by atoms with Crippen molar-refractivity contribution in [2.75, 3.05) is 6.54 Å². The molecule has 0 unspecified atom stereocenters. The number of hydrogen-bond acceptors (Lipinski definition) is 5. The van der Waals surface area contributed by atoms with Gasteiger partial charge in [0.25, 0.3) is 5.89 Å². The van der Waals surface area contributed by atoms with Crippen LogP contribution in [0.25, 0.3) is 0 Å². The summed E-state index contributed by atoms with van der Waals surface area (Å²) in [6.45, 7) is 7.81. The van der Waals surface area contributed by atoms with Crippen LogP contribution in [0.4, 0.5) is 0 Å². The minimum absolute atomic E-state index is 0.280. The molecule has 0 fully saturated rings. The van der Waals surface area contributed by atoms with E-state index >= 15 is 0 Å². The molecule has 0 saturated carbocycles. The third-order valence-corrected chi connectivity index (χ3v) is 3.25. The molecule has 1 heterocycles. The summed E-state index contributed by atoms with van der Waals surface area (Å²) >= 11 is 3.51. The summed E-state index contributed by atoms with van der Waals surface area (Å²) in [6.07, 6.45) is 0. The lowest BCUT2D eigenvalue weighted by molar-refractivity contribution is 0.256. The Morgan fingerprint density at radius 3 is 2.75 bits per heavy atom. The van der Waals surface area contributed by atoms with Gasteiger partial charge < -0.3 is 14.5 Å². The molecule has 0 radical (unpaired) electrons. The van der Waals surface area contributed by atoms with Crippen LogP contribution in [0, 0.1) is 13.8 Å². The highest BCUT2D eigenvalue weighted by molar-refractivity contribution is 9.10. The van der Waals surface area contributed by atoms with Crippen LogP contribution in [0.15, 0.2) is 21.0 Å². The smallest absolute Gasteiger partial charge is 0.253 e. The minimum atomic E-state index is 0.280. The van der Waals surface area contributed by atoms with E-state index in [0.29, 0.717) is 11.8 Å². The molecule has 0 spiro atoms. The van der Waals surface area contributed by atoms with Crippen molar-refractivity contribution in [2.45, 2.75) is 33.9 Å². The maximum Gasteiger partial charge on any atom is 0.253 e. The summed E-state index contributed by atoms with van der Waals surface area (Å²) in [5.41, 5.74) is 2.18. The van der Waals surface area contributed by atoms with Gasteiger partial charge in [-0.2, -0.15) is 0 Å². The molecule has 5 nitrogen and oxygen atoms in total. The number of halogens is 1. The Labute approximate surface area is 126 Å². The van der Waals surface area contributed by atoms with Gasteiger partial charge in [0, 0.05) is 23.5 Å². The van der Waals surface area contributed by atoms with E-state index < -0.39 is 0 Å². The molecule has 2 aromatic rings. The lowest BCUT2D eigenvalue weighted by Gasteiger charge is -2.14. The first-order valence-electron chi connectivity index (χ1n) is 6.51. The molecule has 0 atom stereocenters. The molecule has 1 N–H and O–H groups in total. The fourth-order valence-corrected chi connectivity index (χ4v) is 2.55. The van der Waals surface area contributed by atoms with Crippen molar-refractivity contribution in [3.63, 3.8) is 0 Å². The van der Waals surface area contributed by atoms with Crippen LogP contribution in [0.3, 0.4) is 0 Å². The summed E-state index contributed by atoms with van der Waals surface area (Å²) in [5.74, 6) is 1.90. The molecule has 0 aliphatic heterocycles. The molecule has 2 rings (SSSR count). The molecule has 1 aromatic carbocycles. The predicted octanol–water partition coefficient (Wildman–Crippen LogP) is 3.14. The lowest BCUT2D eigenvalue weighted by Crippen LogP contribution is -2.13. The van der Waals surface area contributed by atoms with Gasteiger partial charge in [0.2, 0.25) is 5.89 Å². The summed E-state index contributed by atoms with van der Waals surface area (Å²) in [6, 6.07) is 4.09. The first-order chi connectivity index (χ1) is 9.60. The van der Waals surface area contributed by atoms with E-state index in [1.807, 2.05) is 13.0 Å². The zero-order chi connectivity index (χ0) is 14.5. The van der Waals surface area contributed by atoms with Crippen molar-refractivity contribution >= 4 is 15.9 Å². The molecule has 1 aromatic heterocycles. The maximum atomic E-state index is 5.86. The van der Waals surface area contributed by atoms with Gasteiger partial charge in [0.05, 0.1) is 0 Å². The summed E-state index contributed by atoms with van der Waals surface area (Å²) in [4.78, 5) is 0. The van der Waals surface area contributed by atoms with Crippen LogP contribution in [0.5, 0.6) is 5.75 Å². The fraction of sp³-hybridized carbons (Fsp3) is 0.429. The average molecular weight is 340 g/mol. The Morgan fingerprint density at radius 1 is 1.30 bits per heavy atom. The average Bonchev–Trinajstić information content (AvgIpc) is 2.80. The van der Waals surface area contributed by atoms with Gasteiger partial charge in [-0.15, -0.1) is 10.2 Å². The van der Waals surface area contributed by atoms with Crippen LogP contribution >= 0.6 is 15.9 Å². The first kappa shape index (κ1) is 15.0. The minimum Gasteiger partial charge on any atom is -0.483 e. The highest BCUT2D eigenvalue weighted by Gasteiger charge is 2.11. The SMILES string of the molecule is CCNCc1cc(Br)cc(C)c1OCc1nnc(C)o1. The zero-order valence-corrected chi connectivity index (χ0v) is 13.5. The molecular formula is C14H18BrN3O2. The van der Waals surface area contributed by atoms with E-state index in [9.17, 15) is 0 Å². The Morgan fingerprint density at radius 2 is 2.10 bits per heavy atom. The molecule has 0 aliphatic carbocycles. The van der Waals surface area contributed by atoms with Crippen molar-refractivity contribution in [1.29, 1.82) is 0 Å². The quantitative estimate of drug-likeness (QED) is 0.875. The summed E-state index contributed by atoms with van der Waals surface area (Å²) in [5, 5.41) is 11.0. The van der Waals surface area contributed by atoms with E-state index in [4.69, 9.17) is 9.15 Å². The van der Waals surface area contributed by atoms with Crippen LogP contribution in [0.1, 0.15) is 29.8 Å². The Bertz CT molecular complexity index is 584. The van der Waals surface area contributed by atoms with Crippen LogP contribution < -0.4 is 10.1 Å². The first-order valence-corrected chi connectivity index (χ1v) is 7.31. The third-order valence-electron chi connectivity index (χ3n) is 2.79. The van der Waals surface area contributed by atoms with Crippen molar-refractivity contribution < 1.29 is 9.15 Å².